The number of rotatable bonds is 17. The Morgan fingerprint density at radius 3 is 2.37 bits per heavy atom. The van der Waals surface area contributed by atoms with Gasteiger partial charge in [-0.2, -0.15) is 0 Å². The third kappa shape index (κ3) is 13.2. The molecule has 3 N–H and O–H groups in total. The van der Waals surface area contributed by atoms with Gasteiger partial charge in [0.05, 0.1) is 30.1 Å². The van der Waals surface area contributed by atoms with Gasteiger partial charge in [-0.05, 0) is 94.3 Å². The number of amides is 1. The van der Waals surface area contributed by atoms with Gasteiger partial charge in [0.1, 0.15) is 29.7 Å². The lowest BCUT2D eigenvalue weighted by molar-refractivity contribution is -0.158. The van der Waals surface area contributed by atoms with E-state index in [0.717, 1.165) is 43.2 Å². The highest BCUT2D eigenvalue weighted by Gasteiger charge is 2.27. The Kier molecular flexibility index (Phi) is 14.6. The third-order valence-electron chi connectivity index (χ3n) is 8.11. The van der Waals surface area contributed by atoms with Crippen molar-refractivity contribution >= 4 is 27.9 Å². The Labute approximate surface area is 305 Å². The summed E-state index contributed by atoms with van der Waals surface area (Å²) in [5.74, 6) is -1.47. The molecule has 1 aliphatic carbocycles. The van der Waals surface area contributed by atoms with E-state index in [1.165, 1.54) is 6.92 Å². The summed E-state index contributed by atoms with van der Waals surface area (Å²) in [6.07, 6.45) is 6.96. The summed E-state index contributed by atoms with van der Waals surface area (Å²) in [5.41, 5.74) is 1.49. The van der Waals surface area contributed by atoms with E-state index in [4.69, 9.17) is 18.9 Å². The van der Waals surface area contributed by atoms with Gasteiger partial charge in [0.15, 0.2) is 0 Å². The lowest BCUT2D eigenvalue weighted by Gasteiger charge is -2.25. The number of ether oxygens (including phenoxy) is 4. The number of carbonyl (C=O) groups excluding carboxylic acids is 3. The van der Waals surface area contributed by atoms with Crippen LogP contribution in [0.4, 0.5) is 0 Å². The van der Waals surface area contributed by atoms with Crippen LogP contribution in [0.15, 0.2) is 67.0 Å². The van der Waals surface area contributed by atoms with Gasteiger partial charge in [-0.25, -0.2) is 13.1 Å². The fourth-order valence-corrected chi connectivity index (χ4v) is 6.51. The Morgan fingerprint density at radius 2 is 1.71 bits per heavy atom. The average molecular weight is 740 g/mol. The van der Waals surface area contributed by atoms with E-state index < -0.39 is 45.6 Å². The number of hydrogen-bond donors (Lipinski definition) is 3. The number of sulfonamides is 1. The Morgan fingerprint density at radius 1 is 1.00 bits per heavy atom. The van der Waals surface area contributed by atoms with Crippen LogP contribution in [0.25, 0.3) is 11.1 Å². The number of aromatic nitrogens is 1. The van der Waals surface area contributed by atoms with Crippen molar-refractivity contribution in [1.82, 2.24) is 15.0 Å². The molecule has 1 aromatic heterocycles. The van der Waals surface area contributed by atoms with Crippen LogP contribution >= 0.6 is 0 Å². The lowest BCUT2D eigenvalue weighted by atomic mass is 9.97. The zero-order chi connectivity index (χ0) is 37.7. The predicted molar refractivity (Wildman–Crippen MR) is 194 cm³/mol. The highest BCUT2D eigenvalue weighted by molar-refractivity contribution is 7.90. The van der Waals surface area contributed by atoms with Crippen LogP contribution in [0, 0.1) is 0 Å². The van der Waals surface area contributed by atoms with Crippen LogP contribution in [0.2, 0.25) is 0 Å². The molecule has 1 fully saturated rings. The van der Waals surface area contributed by atoms with Gasteiger partial charge >= 0.3 is 11.9 Å². The molecule has 0 radical (unpaired) electrons. The van der Waals surface area contributed by atoms with Crippen molar-refractivity contribution in [1.29, 1.82) is 0 Å². The number of benzene rings is 2. The Bertz CT molecular complexity index is 1740. The number of pyridine rings is 1. The molecule has 1 amide bonds. The summed E-state index contributed by atoms with van der Waals surface area (Å²) < 4.78 is 50.1. The number of esters is 2. The second kappa shape index (κ2) is 18.8. The van der Waals surface area contributed by atoms with Gasteiger partial charge in [-0.15, -0.1) is 0 Å². The monoisotopic (exact) mass is 739 g/mol. The molecule has 282 valence electrons. The second-order valence-electron chi connectivity index (χ2n) is 13.7. The number of aliphatic hydroxyl groups is 1. The molecule has 0 spiro atoms. The minimum atomic E-state index is -4.00. The summed E-state index contributed by atoms with van der Waals surface area (Å²) in [6, 6.07) is 14.7. The first kappa shape index (κ1) is 40.2. The minimum absolute atomic E-state index is 0.0414. The molecule has 14 heteroatoms. The first-order chi connectivity index (χ1) is 24.7. The third-order valence-corrected chi connectivity index (χ3v) is 9.43. The maximum absolute atomic E-state index is 13.2. The second-order valence-corrected chi connectivity index (χ2v) is 15.5. The number of hydrogen-bond acceptors (Lipinski definition) is 12. The average Bonchev–Trinajstić information content (AvgIpc) is 3.10. The van der Waals surface area contributed by atoms with Gasteiger partial charge in [0, 0.05) is 31.4 Å². The highest BCUT2D eigenvalue weighted by Crippen LogP contribution is 2.32. The standard InChI is InChI=1S/C38H49N3O10S/c1-26(42)48-20-9-21-52(46,47)41-36(44)32-18-15-28(22-35(32)50-31-11-6-5-7-12-31)27-13-16-30(17-14-27)49-25-33(37(45)51-38(2,3)4)40-24-34(43)29-10-8-19-39-23-29/h8,10,13-19,22-23,31,33-34,40,43H,5-7,9,11-12,20-21,24-25H2,1-4H3,(H,41,44)/t33?,34-/m1/s1. The maximum Gasteiger partial charge on any atom is 0.327 e. The molecule has 1 unspecified atom stereocenters. The number of nitrogens with one attached hydrogen (secondary N) is 2. The van der Waals surface area contributed by atoms with E-state index in [1.807, 2.05) is 12.1 Å². The quantitative estimate of drug-likeness (QED) is 0.126. The molecule has 13 nitrogen and oxygen atoms in total. The molecular formula is C38H49N3O10S. The topological polar surface area (TPSA) is 179 Å². The molecule has 0 saturated heterocycles. The number of nitrogens with zero attached hydrogens (tertiary/aromatic N) is 1. The van der Waals surface area contributed by atoms with Gasteiger partial charge in [0.2, 0.25) is 10.0 Å². The Hall–Kier alpha value is -4.53. The maximum atomic E-state index is 13.2. The van der Waals surface area contributed by atoms with E-state index >= 15 is 0 Å². The molecule has 1 heterocycles. The SMILES string of the molecule is CC(=O)OCCCS(=O)(=O)NC(=O)c1ccc(-c2ccc(OCC(NC[C@@H](O)c3cccnc3)C(=O)OC(C)(C)C)cc2)cc1OC1CCCCC1. The fourth-order valence-electron chi connectivity index (χ4n) is 5.51. The summed E-state index contributed by atoms with van der Waals surface area (Å²) in [6.45, 7) is 6.48. The van der Waals surface area contributed by atoms with E-state index in [2.05, 4.69) is 15.0 Å². The van der Waals surface area contributed by atoms with Crippen molar-refractivity contribution < 1.29 is 46.9 Å². The van der Waals surface area contributed by atoms with E-state index in [0.29, 0.717) is 11.3 Å². The van der Waals surface area contributed by atoms with E-state index in [-0.39, 0.29) is 49.3 Å². The molecule has 1 aliphatic rings. The van der Waals surface area contributed by atoms with Crippen LogP contribution < -0.4 is 19.5 Å². The fraction of sp³-hybridized carbons (Fsp3) is 0.474. The first-order valence-electron chi connectivity index (χ1n) is 17.5. The summed E-state index contributed by atoms with van der Waals surface area (Å²) in [5, 5.41) is 13.7. The van der Waals surface area contributed by atoms with Crippen LogP contribution in [-0.2, 0) is 29.1 Å². The zero-order valence-corrected chi connectivity index (χ0v) is 30.9. The summed E-state index contributed by atoms with van der Waals surface area (Å²) >= 11 is 0. The molecule has 52 heavy (non-hydrogen) atoms. The zero-order valence-electron chi connectivity index (χ0n) is 30.1. The van der Waals surface area contributed by atoms with E-state index in [9.17, 15) is 27.9 Å². The number of aliphatic hydroxyl groups excluding tert-OH is 1. The van der Waals surface area contributed by atoms with Crippen molar-refractivity contribution in [3.05, 3.63) is 78.1 Å². The van der Waals surface area contributed by atoms with Gasteiger partial charge in [-0.3, -0.25) is 24.7 Å². The molecule has 4 rings (SSSR count). The largest absolute Gasteiger partial charge is 0.491 e. The Balaban J connectivity index is 1.46. The van der Waals surface area contributed by atoms with Crippen LogP contribution in [0.1, 0.15) is 88.2 Å². The van der Waals surface area contributed by atoms with Crippen LogP contribution in [-0.4, -0.2) is 79.6 Å². The lowest BCUT2D eigenvalue weighted by Crippen LogP contribution is -2.46. The summed E-state index contributed by atoms with van der Waals surface area (Å²) in [4.78, 5) is 41.3. The van der Waals surface area contributed by atoms with Crippen molar-refractivity contribution in [3.8, 4) is 22.6 Å². The van der Waals surface area contributed by atoms with Crippen LogP contribution in [0.5, 0.6) is 11.5 Å². The van der Waals surface area contributed by atoms with Crippen LogP contribution in [0.3, 0.4) is 0 Å². The number of carbonyl (C=O) groups is 3. The van der Waals surface area contributed by atoms with Gasteiger partial charge in [0.25, 0.3) is 5.91 Å². The van der Waals surface area contributed by atoms with Crippen molar-refractivity contribution in [3.63, 3.8) is 0 Å². The smallest absolute Gasteiger partial charge is 0.327 e. The predicted octanol–water partition coefficient (Wildman–Crippen LogP) is 4.89. The molecular weight excluding hydrogens is 690 g/mol. The molecule has 0 aliphatic heterocycles. The van der Waals surface area contributed by atoms with Gasteiger partial charge in [-0.1, -0.05) is 30.7 Å². The molecule has 2 atom stereocenters. The highest BCUT2D eigenvalue weighted by atomic mass is 32.2. The molecule has 0 bridgehead atoms. The summed E-state index contributed by atoms with van der Waals surface area (Å²) in [7, 11) is -4.00. The minimum Gasteiger partial charge on any atom is -0.491 e. The molecule has 3 aromatic rings. The first-order valence-corrected chi connectivity index (χ1v) is 19.1. The van der Waals surface area contributed by atoms with E-state index in [1.54, 1.807) is 75.6 Å². The van der Waals surface area contributed by atoms with Crippen molar-refractivity contribution in [2.75, 3.05) is 25.5 Å². The normalized spacial score (nSPS) is 14.9. The molecule has 1 saturated carbocycles. The van der Waals surface area contributed by atoms with Gasteiger partial charge < -0.3 is 24.1 Å². The van der Waals surface area contributed by atoms with Crippen molar-refractivity contribution in [2.45, 2.75) is 90.1 Å². The van der Waals surface area contributed by atoms with Crippen molar-refractivity contribution in [2.24, 2.45) is 0 Å². The molecule has 2 aromatic carbocycles.